The second-order valence-corrected chi connectivity index (χ2v) is 4.67. The summed E-state index contributed by atoms with van der Waals surface area (Å²) in [5.74, 6) is -1.03. The number of hydrogen-bond acceptors (Lipinski definition) is 3. The lowest BCUT2D eigenvalue weighted by Gasteiger charge is -2.11. The van der Waals surface area contributed by atoms with E-state index in [-0.39, 0.29) is 21.5 Å². The molecule has 0 atom stereocenters. The Morgan fingerprint density at radius 1 is 1.25 bits per heavy atom. The summed E-state index contributed by atoms with van der Waals surface area (Å²) in [6, 6.07) is 8.89. The Labute approximate surface area is 122 Å². The van der Waals surface area contributed by atoms with E-state index in [1.54, 1.807) is 0 Å². The van der Waals surface area contributed by atoms with Crippen molar-refractivity contribution in [1.82, 2.24) is 0 Å². The highest BCUT2D eigenvalue weighted by atomic mass is 79.9. The van der Waals surface area contributed by atoms with E-state index in [1.165, 1.54) is 37.4 Å². The van der Waals surface area contributed by atoms with Gasteiger partial charge in [-0.3, -0.25) is 0 Å². The second-order valence-electron chi connectivity index (χ2n) is 3.87. The van der Waals surface area contributed by atoms with Crippen LogP contribution in [0.2, 0.25) is 0 Å². The molecule has 0 aliphatic rings. The normalized spacial score (nSPS) is 9.95. The van der Waals surface area contributed by atoms with Gasteiger partial charge in [-0.1, -0.05) is 0 Å². The molecule has 3 nitrogen and oxygen atoms in total. The fourth-order valence-electron chi connectivity index (χ4n) is 1.63. The molecule has 0 radical (unpaired) electrons. The Bertz CT molecular complexity index is 698. The predicted octanol–water partition coefficient (Wildman–Crippen LogP) is 4.35. The maximum Gasteiger partial charge on any atom is 0.165 e. The summed E-state index contributed by atoms with van der Waals surface area (Å²) in [7, 11) is 1.35. The zero-order valence-corrected chi connectivity index (χ0v) is 12.0. The monoisotopic (exact) mass is 338 g/mol. The van der Waals surface area contributed by atoms with Crippen LogP contribution in [0.1, 0.15) is 5.56 Å². The maximum absolute atomic E-state index is 14.0. The first-order chi connectivity index (χ1) is 9.56. The molecule has 0 heterocycles. The standard InChI is InChI=1S/C14H9BrF2N2O/c1-20-12-6-9(3-4-10(12)16)19-11-5-2-8(7-18)13(15)14(11)17/h2-6,19H,1H3. The van der Waals surface area contributed by atoms with Gasteiger partial charge in [0.2, 0.25) is 0 Å². The number of anilines is 2. The molecule has 2 aromatic carbocycles. The summed E-state index contributed by atoms with van der Waals surface area (Å²) in [6.45, 7) is 0. The molecule has 20 heavy (non-hydrogen) atoms. The predicted molar refractivity (Wildman–Crippen MR) is 75.0 cm³/mol. The average molecular weight is 339 g/mol. The minimum atomic E-state index is -0.590. The van der Waals surface area contributed by atoms with E-state index in [0.29, 0.717) is 5.69 Å². The molecule has 0 saturated heterocycles. The highest BCUT2D eigenvalue weighted by Crippen LogP contribution is 2.30. The lowest BCUT2D eigenvalue weighted by Crippen LogP contribution is -1.97. The third-order valence-corrected chi connectivity index (χ3v) is 3.41. The molecular weight excluding hydrogens is 330 g/mol. The molecule has 2 aromatic rings. The van der Waals surface area contributed by atoms with Crippen LogP contribution in [-0.4, -0.2) is 7.11 Å². The van der Waals surface area contributed by atoms with Gasteiger partial charge in [-0.15, -0.1) is 0 Å². The van der Waals surface area contributed by atoms with Crippen LogP contribution < -0.4 is 10.1 Å². The molecule has 0 bridgehead atoms. The van der Waals surface area contributed by atoms with Crippen LogP contribution in [0.15, 0.2) is 34.8 Å². The molecule has 0 fully saturated rings. The number of benzene rings is 2. The van der Waals surface area contributed by atoms with Crippen LogP contribution in [-0.2, 0) is 0 Å². The van der Waals surface area contributed by atoms with E-state index in [1.807, 2.05) is 6.07 Å². The van der Waals surface area contributed by atoms with E-state index < -0.39 is 11.6 Å². The number of ether oxygens (including phenoxy) is 1. The van der Waals surface area contributed by atoms with Crippen molar-refractivity contribution in [2.24, 2.45) is 0 Å². The molecule has 0 aliphatic heterocycles. The van der Waals surface area contributed by atoms with Gasteiger partial charge in [0.25, 0.3) is 0 Å². The Morgan fingerprint density at radius 2 is 2.00 bits per heavy atom. The van der Waals surface area contributed by atoms with Crippen molar-refractivity contribution in [2.75, 3.05) is 12.4 Å². The van der Waals surface area contributed by atoms with Crippen molar-refractivity contribution in [3.8, 4) is 11.8 Å². The zero-order chi connectivity index (χ0) is 14.7. The molecule has 0 spiro atoms. The van der Waals surface area contributed by atoms with Crippen LogP contribution >= 0.6 is 15.9 Å². The van der Waals surface area contributed by atoms with Crippen LogP contribution in [0.3, 0.4) is 0 Å². The number of nitrogens with one attached hydrogen (secondary N) is 1. The van der Waals surface area contributed by atoms with Crippen molar-refractivity contribution in [1.29, 1.82) is 5.26 Å². The smallest absolute Gasteiger partial charge is 0.165 e. The fourth-order valence-corrected chi connectivity index (χ4v) is 2.06. The van der Waals surface area contributed by atoms with Crippen molar-refractivity contribution in [2.45, 2.75) is 0 Å². The molecule has 0 aliphatic carbocycles. The summed E-state index contributed by atoms with van der Waals surface area (Å²) in [5, 5.41) is 11.6. The number of halogens is 3. The fraction of sp³-hybridized carbons (Fsp3) is 0.0714. The second kappa shape index (κ2) is 5.88. The Hall–Kier alpha value is -2.13. The van der Waals surface area contributed by atoms with Crippen molar-refractivity contribution < 1.29 is 13.5 Å². The van der Waals surface area contributed by atoms with Crippen molar-refractivity contribution in [3.63, 3.8) is 0 Å². The Balaban J connectivity index is 2.36. The summed E-state index contributed by atoms with van der Waals surface area (Å²) < 4.78 is 32.2. The first-order valence-corrected chi connectivity index (χ1v) is 6.34. The van der Waals surface area contributed by atoms with Gasteiger partial charge in [0.05, 0.1) is 22.8 Å². The number of nitrogens with zero attached hydrogens (tertiary/aromatic N) is 1. The quantitative estimate of drug-likeness (QED) is 0.904. The molecular formula is C14H9BrF2N2O. The van der Waals surface area contributed by atoms with E-state index in [9.17, 15) is 8.78 Å². The summed E-state index contributed by atoms with van der Waals surface area (Å²) in [6.07, 6.45) is 0. The Kier molecular flexibility index (Phi) is 4.20. The van der Waals surface area contributed by atoms with Gasteiger partial charge in [-0.2, -0.15) is 5.26 Å². The van der Waals surface area contributed by atoms with Gasteiger partial charge in [0.1, 0.15) is 6.07 Å². The Morgan fingerprint density at radius 3 is 2.65 bits per heavy atom. The van der Waals surface area contributed by atoms with E-state index in [0.717, 1.165) is 0 Å². The molecule has 2 rings (SSSR count). The minimum absolute atomic E-state index is 0.0584. The minimum Gasteiger partial charge on any atom is -0.494 e. The van der Waals surface area contributed by atoms with Gasteiger partial charge in [-0.25, -0.2) is 8.78 Å². The molecule has 0 unspecified atom stereocenters. The van der Waals surface area contributed by atoms with Crippen LogP contribution in [0, 0.1) is 23.0 Å². The third-order valence-electron chi connectivity index (χ3n) is 2.63. The molecule has 0 amide bonds. The molecule has 102 valence electrons. The van der Waals surface area contributed by atoms with E-state index in [2.05, 4.69) is 21.2 Å². The number of nitriles is 1. The molecule has 6 heteroatoms. The largest absolute Gasteiger partial charge is 0.494 e. The topological polar surface area (TPSA) is 45.0 Å². The average Bonchev–Trinajstić information content (AvgIpc) is 2.46. The maximum atomic E-state index is 14.0. The first-order valence-electron chi connectivity index (χ1n) is 5.55. The van der Waals surface area contributed by atoms with Gasteiger partial charge >= 0.3 is 0 Å². The van der Waals surface area contributed by atoms with Crippen molar-refractivity contribution >= 4 is 27.3 Å². The molecule has 0 aromatic heterocycles. The summed E-state index contributed by atoms with van der Waals surface area (Å²) >= 11 is 3.02. The van der Waals surface area contributed by atoms with E-state index >= 15 is 0 Å². The summed E-state index contributed by atoms with van der Waals surface area (Å²) in [5.41, 5.74) is 0.841. The molecule has 0 saturated carbocycles. The van der Waals surface area contributed by atoms with E-state index in [4.69, 9.17) is 10.00 Å². The van der Waals surface area contributed by atoms with Crippen LogP contribution in [0.4, 0.5) is 20.2 Å². The lowest BCUT2D eigenvalue weighted by atomic mass is 10.2. The van der Waals surface area contributed by atoms with Gasteiger partial charge in [0.15, 0.2) is 17.4 Å². The van der Waals surface area contributed by atoms with Gasteiger partial charge in [-0.05, 0) is 40.2 Å². The lowest BCUT2D eigenvalue weighted by molar-refractivity contribution is 0.387. The number of methoxy groups -OCH3 is 1. The van der Waals surface area contributed by atoms with Crippen molar-refractivity contribution in [3.05, 3.63) is 52.0 Å². The van der Waals surface area contributed by atoms with Gasteiger partial charge in [0, 0.05) is 11.8 Å². The van der Waals surface area contributed by atoms with Crippen LogP contribution in [0.5, 0.6) is 5.75 Å². The third kappa shape index (κ3) is 2.73. The zero-order valence-electron chi connectivity index (χ0n) is 10.4. The molecule has 1 N–H and O–H groups in total. The summed E-state index contributed by atoms with van der Waals surface area (Å²) in [4.78, 5) is 0. The first kappa shape index (κ1) is 14.3. The SMILES string of the molecule is COc1cc(Nc2ccc(C#N)c(Br)c2F)ccc1F. The highest BCUT2D eigenvalue weighted by molar-refractivity contribution is 9.10. The number of hydrogen-bond donors (Lipinski definition) is 1. The van der Waals surface area contributed by atoms with Crippen LogP contribution in [0.25, 0.3) is 0 Å². The highest BCUT2D eigenvalue weighted by Gasteiger charge is 2.12. The number of rotatable bonds is 3. The van der Waals surface area contributed by atoms with Gasteiger partial charge < -0.3 is 10.1 Å².